The van der Waals surface area contributed by atoms with Gasteiger partial charge in [-0.05, 0) is 17.3 Å². The van der Waals surface area contributed by atoms with Crippen LogP contribution in [0.15, 0.2) is 22.8 Å². The van der Waals surface area contributed by atoms with Gasteiger partial charge in [-0.15, -0.1) is 10.2 Å². The zero-order valence-corrected chi connectivity index (χ0v) is 7.79. The third-order valence-electron chi connectivity index (χ3n) is 1.86. The van der Waals surface area contributed by atoms with Crippen LogP contribution in [0.3, 0.4) is 0 Å². The molecule has 0 saturated carbocycles. The molecule has 0 aromatic carbocycles. The van der Waals surface area contributed by atoms with Crippen LogP contribution in [0.25, 0.3) is 0 Å². The number of tetrazole rings is 1. The van der Waals surface area contributed by atoms with Crippen LogP contribution in [0.1, 0.15) is 17.6 Å². The van der Waals surface area contributed by atoms with Gasteiger partial charge in [-0.3, -0.25) is 0 Å². The monoisotopic (exact) mass is 193 g/mol. The topological polar surface area (TPSA) is 82.8 Å². The van der Waals surface area contributed by atoms with E-state index < -0.39 is 0 Å². The van der Waals surface area contributed by atoms with Gasteiger partial charge in [-0.25, -0.2) is 0 Å². The molecule has 2 heterocycles. The number of hydrogen-bond acceptors (Lipinski definition) is 5. The number of aryl methyl sites for hydroxylation is 1. The predicted octanol–water partition coefficient (Wildman–Crippen LogP) is 0.0456. The quantitative estimate of drug-likeness (QED) is 0.744. The molecular weight excluding hydrogens is 182 g/mol. The zero-order valence-electron chi connectivity index (χ0n) is 7.79. The fourth-order valence-corrected chi connectivity index (χ4v) is 1.20. The smallest absolute Gasteiger partial charge is 0.176 e. The number of furan rings is 1. The molecule has 2 N–H and O–H groups in total. The Balaban J connectivity index is 2.05. The van der Waals surface area contributed by atoms with Crippen LogP contribution in [-0.2, 0) is 13.5 Å². The second-order valence-electron chi connectivity index (χ2n) is 3.02. The molecule has 0 aliphatic carbocycles. The molecule has 0 radical (unpaired) electrons. The summed E-state index contributed by atoms with van der Waals surface area (Å²) in [5.41, 5.74) is 5.87. The third-order valence-corrected chi connectivity index (χ3v) is 1.86. The molecule has 2 aromatic heterocycles. The van der Waals surface area contributed by atoms with Gasteiger partial charge in [0.25, 0.3) is 0 Å². The van der Waals surface area contributed by atoms with E-state index in [4.69, 9.17) is 10.2 Å². The van der Waals surface area contributed by atoms with Crippen LogP contribution in [0.4, 0.5) is 0 Å². The largest absolute Gasteiger partial charge is 0.468 e. The summed E-state index contributed by atoms with van der Waals surface area (Å²) in [6.45, 7) is 0. The molecule has 0 fully saturated rings. The molecular formula is C8H11N5O. The van der Waals surface area contributed by atoms with Crippen molar-refractivity contribution in [3.8, 4) is 0 Å². The molecule has 0 bridgehead atoms. The number of nitrogens with zero attached hydrogens (tertiary/aromatic N) is 4. The predicted molar refractivity (Wildman–Crippen MR) is 48.1 cm³/mol. The summed E-state index contributed by atoms with van der Waals surface area (Å²) in [5.74, 6) is 1.36. The first-order chi connectivity index (χ1) is 6.75. The Morgan fingerprint density at radius 1 is 1.64 bits per heavy atom. The van der Waals surface area contributed by atoms with Crippen molar-refractivity contribution in [3.63, 3.8) is 0 Å². The Morgan fingerprint density at radius 3 is 3.07 bits per heavy atom. The Kier molecular flexibility index (Phi) is 2.28. The molecule has 6 nitrogen and oxygen atoms in total. The van der Waals surface area contributed by atoms with E-state index in [9.17, 15) is 0 Å². The lowest BCUT2D eigenvalue weighted by molar-refractivity contribution is 0.460. The summed E-state index contributed by atoms with van der Waals surface area (Å²) in [4.78, 5) is 1.41. The van der Waals surface area contributed by atoms with E-state index in [1.54, 1.807) is 19.4 Å². The van der Waals surface area contributed by atoms with E-state index in [-0.39, 0.29) is 6.04 Å². The lowest BCUT2D eigenvalue weighted by atomic mass is 10.1. The van der Waals surface area contributed by atoms with E-state index in [1.165, 1.54) is 4.80 Å². The van der Waals surface area contributed by atoms with Crippen LogP contribution in [0.5, 0.6) is 0 Å². The highest BCUT2D eigenvalue weighted by Gasteiger charge is 2.12. The second-order valence-corrected chi connectivity index (χ2v) is 3.02. The highest BCUT2D eigenvalue weighted by molar-refractivity contribution is 5.05. The fraction of sp³-hybridized carbons (Fsp3) is 0.375. The van der Waals surface area contributed by atoms with Crippen molar-refractivity contribution >= 4 is 0 Å². The Bertz CT molecular complexity index is 394. The molecule has 1 unspecified atom stereocenters. The van der Waals surface area contributed by atoms with Gasteiger partial charge < -0.3 is 10.2 Å². The van der Waals surface area contributed by atoms with Crippen LogP contribution >= 0.6 is 0 Å². The van der Waals surface area contributed by atoms with Crippen molar-refractivity contribution in [1.29, 1.82) is 0 Å². The Hall–Kier alpha value is -1.69. The van der Waals surface area contributed by atoms with Gasteiger partial charge in [-0.2, -0.15) is 4.80 Å². The minimum atomic E-state index is -0.214. The van der Waals surface area contributed by atoms with Gasteiger partial charge in [-0.1, -0.05) is 0 Å². The first-order valence-corrected chi connectivity index (χ1v) is 4.27. The van der Waals surface area contributed by atoms with E-state index in [2.05, 4.69) is 15.4 Å². The van der Waals surface area contributed by atoms with Crippen LogP contribution < -0.4 is 5.73 Å². The molecule has 0 aliphatic rings. The van der Waals surface area contributed by atoms with Crippen molar-refractivity contribution in [1.82, 2.24) is 20.2 Å². The SMILES string of the molecule is Cn1nnc(CC(N)c2ccco2)n1. The van der Waals surface area contributed by atoms with Crippen molar-refractivity contribution in [2.75, 3.05) is 0 Å². The van der Waals surface area contributed by atoms with E-state index >= 15 is 0 Å². The molecule has 2 aromatic rings. The molecule has 0 saturated heterocycles. The maximum atomic E-state index is 5.87. The van der Waals surface area contributed by atoms with Gasteiger partial charge in [0, 0.05) is 6.42 Å². The summed E-state index contributed by atoms with van der Waals surface area (Å²) in [6.07, 6.45) is 2.13. The van der Waals surface area contributed by atoms with E-state index in [1.807, 2.05) is 6.07 Å². The van der Waals surface area contributed by atoms with E-state index in [0.29, 0.717) is 12.2 Å². The Labute approximate surface area is 80.7 Å². The van der Waals surface area contributed by atoms with Crippen LogP contribution in [0.2, 0.25) is 0 Å². The van der Waals surface area contributed by atoms with Gasteiger partial charge in [0.05, 0.1) is 19.4 Å². The molecule has 0 aliphatic heterocycles. The molecule has 1 atom stereocenters. The lowest BCUT2D eigenvalue weighted by Gasteiger charge is -2.03. The minimum absolute atomic E-state index is 0.214. The van der Waals surface area contributed by atoms with Crippen molar-refractivity contribution in [2.24, 2.45) is 12.8 Å². The number of hydrogen-bond donors (Lipinski definition) is 1. The van der Waals surface area contributed by atoms with Gasteiger partial charge in [0.1, 0.15) is 5.76 Å². The van der Waals surface area contributed by atoms with E-state index in [0.717, 1.165) is 5.76 Å². The molecule has 0 spiro atoms. The third kappa shape index (κ3) is 1.80. The minimum Gasteiger partial charge on any atom is -0.468 e. The first-order valence-electron chi connectivity index (χ1n) is 4.27. The maximum absolute atomic E-state index is 5.87. The summed E-state index contributed by atoms with van der Waals surface area (Å²) < 4.78 is 5.17. The van der Waals surface area contributed by atoms with Crippen molar-refractivity contribution < 1.29 is 4.42 Å². The van der Waals surface area contributed by atoms with Gasteiger partial charge >= 0.3 is 0 Å². The van der Waals surface area contributed by atoms with Gasteiger partial charge in [0.15, 0.2) is 5.82 Å². The highest BCUT2D eigenvalue weighted by Crippen LogP contribution is 2.13. The van der Waals surface area contributed by atoms with Crippen molar-refractivity contribution in [3.05, 3.63) is 30.0 Å². The highest BCUT2D eigenvalue weighted by atomic mass is 16.3. The number of rotatable bonds is 3. The summed E-state index contributed by atoms with van der Waals surface area (Å²) >= 11 is 0. The summed E-state index contributed by atoms with van der Waals surface area (Å²) in [5, 5.41) is 11.6. The average molecular weight is 193 g/mol. The molecule has 0 amide bonds. The molecule has 6 heteroatoms. The summed E-state index contributed by atoms with van der Waals surface area (Å²) in [6, 6.07) is 3.43. The standard InChI is InChI=1S/C8H11N5O/c1-13-11-8(10-12-13)5-6(9)7-3-2-4-14-7/h2-4,6H,5,9H2,1H3. The maximum Gasteiger partial charge on any atom is 0.176 e. The number of aromatic nitrogens is 4. The summed E-state index contributed by atoms with van der Waals surface area (Å²) in [7, 11) is 1.72. The molecule has 74 valence electrons. The Morgan fingerprint density at radius 2 is 2.50 bits per heavy atom. The normalized spacial score (nSPS) is 13.0. The first kappa shape index (κ1) is 8.89. The molecule has 2 rings (SSSR count). The lowest BCUT2D eigenvalue weighted by Crippen LogP contribution is -2.13. The average Bonchev–Trinajstić information content (AvgIpc) is 2.75. The van der Waals surface area contributed by atoms with Crippen LogP contribution in [-0.4, -0.2) is 20.2 Å². The molecule has 14 heavy (non-hydrogen) atoms. The van der Waals surface area contributed by atoms with Gasteiger partial charge in [0.2, 0.25) is 0 Å². The van der Waals surface area contributed by atoms with Crippen molar-refractivity contribution in [2.45, 2.75) is 12.5 Å². The zero-order chi connectivity index (χ0) is 9.97. The number of nitrogens with two attached hydrogens (primary N) is 1. The fourth-order valence-electron chi connectivity index (χ4n) is 1.20. The van der Waals surface area contributed by atoms with Crippen LogP contribution in [0, 0.1) is 0 Å². The second kappa shape index (κ2) is 3.59.